The van der Waals surface area contributed by atoms with E-state index in [1.807, 2.05) is 30.3 Å². The number of hydrogen-bond donors (Lipinski definition) is 1. The first-order chi connectivity index (χ1) is 17.5. The van der Waals surface area contributed by atoms with E-state index in [2.05, 4.69) is 5.32 Å². The summed E-state index contributed by atoms with van der Waals surface area (Å²) in [6, 6.07) is 16.3. The Morgan fingerprint density at radius 2 is 1.56 bits per heavy atom. The molecular weight excluding hydrogens is 454 g/mol. The average molecular weight is 490 g/mol. The minimum atomic E-state index is -0.595. The molecule has 4 amide bonds. The van der Waals surface area contributed by atoms with Crippen molar-refractivity contribution in [1.29, 1.82) is 0 Å². The average Bonchev–Trinajstić information content (AvgIpc) is 3.15. The molecule has 0 unspecified atom stereocenters. The summed E-state index contributed by atoms with van der Waals surface area (Å²) in [5.74, 6) is -0.897. The van der Waals surface area contributed by atoms with Crippen LogP contribution in [0.5, 0.6) is 0 Å². The lowest BCUT2D eigenvalue weighted by molar-refractivity contribution is -0.140. The van der Waals surface area contributed by atoms with Crippen molar-refractivity contribution in [2.75, 3.05) is 13.1 Å². The van der Waals surface area contributed by atoms with Crippen molar-refractivity contribution >= 4 is 23.6 Å². The molecule has 0 spiro atoms. The largest absolute Gasteiger partial charge is 0.352 e. The third-order valence-corrected chi connectivity index (χ3v) is 7.25. The molecule has 7 heteroatoms. The number of amides is 4. The van der Waals surface area contributed by atoms with Crippen molar-refractivity contribution in [3.8, 4) is 0 Å². The van der Waals surface area contributed by atoms with E-state index in [1.165, 1.54) is 11.3 Å². The second-order valence-corrected chi connectivity index (χ2v) is 9.75. The Labute approximate surface area is 212 Å². The number of fused-ring (bicyclic) bond motifs is 1. The molecule has 36 heavy (non-hydrogen) atoms. The molecule has 0 bridgehead atoms. The first kappa shape index (κ1) is 25.6. The fourth-order valence-corrected chi connectivity index (χ4v) is 5.11. The molecule has 1 N–H and O–H groups in total. The van der Waals surface area contributed by atoms with Gasteiger partial charge in [-0.15, -0.1) is 0 Å². The molecule has 1 aliphatic heterocycles. The van der Waals surface area contributed by atoms with Crippen molar-refractivity contribution in [2.45, 2.75) is 70.4 Å². The van der Waals surface area contributed by atoms with E-state index in [-0.39, 0.29) is 42.6 Å². The van der Waals surface area contributed by atoms with Gasteiger partial charge in [0.1, 0.15) is 6.04 Å². The number of hydrogen-bond acceptors (Lipinski definition) is 4. The Balaban J connectivity index is 1.37. The van der Waals surface area contributed by atoms with Crippen LogP contribution in [0.2, 0.25) is 0 Å². The lowest BCUT2D eigenvalue weighted by Gasteiger charge is -2.31. The summed E-state index contributed by atoms with van der Waals surface area (Å²) in [7, 11) is 0. The SMILES string of the molecule is C[C@H](C(=O)NC1CCCCC1)N(CCc1ccccc1)C(=O)CCCN1C(=O)c2ccccc2C1=O. The molecule has 1 atom stereocenters. The first-order valence-electron chi connectivity index (χ1n) is 13.0. The van der Waals surface area contributed by atoms with Gasteiger partial charge in [-0.05, 0) is 50.3 Å². The highest BCUT2D eigenvalue weighted by molar-refractivity contribution is 6.21. The van der Waals surface area contributed by atoms with Crippen molar-refractivity contribution in [1.82, 2.24) is 15.1 Å². The molecule has 0 aromatic heterocycles. The number of rotatable bonds is 10. The zero-order valence-corrected chi connectivity index (χ0v) is 20.9. The minimum Gasteiger partial charge on any atom is -0.352 e. The summed E-state index contributed by atoms with van der Waals surface area (Å²) in [6.45, 7) is 2.38. The van der Waals surface area contributed by atoms with Crippen LogP contribution in [0.4, 0.5) is 0 Å². The van der Waals surface area contributed by atoms with E-state index >= 15 is 0 Å². The zero-order valence-electron chi connectivity index (χ0n) is 20.9. The topological polar surface area (TPSA) is 86.8 Å². The summed E-state index contributed by atoms with van der Waals surface area (Å²) in [6.07, 6.45) is 6.56. The van der Waals surface area contributed by atoms with E-state index in [1.54, 1.807) is 36.1 Å². The summed E-state index contributed by atoms with van der Waals surface area (Å²) >= 11 is 0. The van der Waals surface area contributed by atoms with E-state index in [4.69, 9.17) is 0 Å². The van der Waals surface area contributed by atoms with E-state index < -0.39 is 6.04 Å². The van der Waals surface area contributed by atoms with Crippen LogP contribution in [0.3, 0.4) is 0 Å². The van der Waals surface area contributed by atoms with Gasteiger partial charge >= 0.3 is 0 Å². The van der Waals surface area contributed by atoms with Gasteiger partial charge in [-0.1, -0.05) is 61.7 Å². The predicted molar refractivity (Wildman–Crippen MR) is 137 cm³/mol. The van der Waals surface area contributed by atoms with Crippen LogP contribution in [0.1, 0.15) is 78.1 Å². The fourth-order valence-electron chi connectivity index (χ4n) is 5.11. The maximum absolute atomic E-state index is 13.3. The van der Waals surface area contributed by atoms with Crippen LogP contribution in [-0.4, -0.2) is 58.6 Å². The number of nitrogens with zero attached hydrogens (tertiary/aromatic N) is 2. The molecular formula is C29H35N3O4. The van der Waals surface area contributed by atoms with Crippen molar-refractivity contribution in [3.63, 3.8) is 0 Å². The molecule has 4 rings (SSSR count). The number of imide groups is 1. The number of carbonyl (C=O) groups is 4. The van der Waals surface area contributed by atoms with Crippen LogP contribution in [0.25, 0.3) is 0 Å². The minimum absolute atomic E-state index is 0.122. The second kappa shape index (κ2) is 12.0. The molecule has 190 valence electrons. The van der Waals surface area contributed by atoms with Gasteiger partial charge in [0.15, 0.2) is 0 Å². The number of nitrogens with one attached hydrogen (secondary N) is 1. The van der Waals surface area contributed by atoms with Gasteiger partial charge in [0, 0.05) is 25.6 Å². The fraction of sp³-hybridized carbons (Fsp3) is 0.448. The van der Waals surface area contributed by atoms with Crippen molar-refractivity contribution < 1.29 is 19.2 Å². The Morgan fingerprint density at radius 3 is 2.19 bits per heavy atom. The van der Waals surface area contributed by atoms with Crippen molar-refractivity contribution in [2.24, 2.45) is 0 Å². The molecule has 0 saturated heterocycles. The molecule has 0 radical (unpaired) electrons. The van der Waals surface area contributed by atoms with Crippen LogP contribution in [0, 0.1) is 0 Å². The van der Waals surface area contributed by atoms with Crippen LogP contribution < -0.4 is 5.32 Å². The highest BCUT2D eigenvalue weighted by atomic mass is 16.2. The smallest absolute Gasteiger partial charge is 0.261 e. The molecule has 2 aromatic rings. The highest BCUT2D eigenvalue weighted by Gasteiger charge is 2.35. The van der Waals surface area contributed by atoms with E-state index in [0.29, 0.717) is 30.5 Å². The predicted octanol–water partition coefficient (Wildman–Crippen LogP) is 3.97. The Hall–Kier alpha value is -3.48. The molecule has 2 aliphatic rings. The normalized spacial score (nSPS) is 16.5. The van der Waals surface area contributed by atoms with Gasteiger partial charge in [-0.3, -0.25) is 24.1 Å². The Kier molecular flexibility index (Phi) is 8.52. The van der Waals surface area contributed by atoms with Crippen LogP contribution in [-0.2, 0) is 16.0 Å². The molecule has 1 aliphatic carbocycles. The third kappa shape index (κ3) is 6.01. The standard InChI is InChI=1S/C29H35N3O4/c1-21(27(34)30-23-13-6-3-7-14-23)31(20-18-22-11-4-2-5-12-22)26(33)17-10-19-32-28(35)24-15-8-9-16-25(24)29(32)36/h2,4-5,8-9,11-12,15-16,21,23H,3,6-7,10,13-14,17-20H2,1H3,(H,30,34)/t21-/m1/s1. The Morgan fingerprint density at radius 1 is 0.944 bits per heavy atom. The number of benzene rings is 2. The van der Waals surface area contributed by atoms with Gasteiger partial charge in [-0.2, -0.15) is 0 Å². The van der Waals surface area contributed by atoms with Crippen molar-refractivity contribution in [3.05, 3.63) is 71.3 Å². The summed E-state index contributed by atoms with van der Waals surface area (Å²) < 4.78 is 0. The number of carbonyl (C=O) groups excluding carboxylic acids is 4. The molecule has 2 aromatic carbocycles. The van der Waals surface area contributed by atoms with Gasteiger partial charge < -0.3 is 10.2 Å². The molecule has 1 saturated carbocycles. The first-order valence-corrected chi connectivity index (χ1v) is 13.0. The molecule has 1 heterocycles. The van der Waals surface area contributed by atoms with E-state index in [0.717, 1.165) is 31.2 Å². The maximum Gasteiger partial charge on any atom is 0.261 e. The quantitative estimate of drug-likeness (QED) is 0.512. The lowest BCUT2D eigenvalue weighted by atomic mass is 9.95. The van der Waals surface area contributed by atoms with Crippen LogP contribution in [0.15, 0.2) is 54.6 Å². The Bertz CT molecular complexity index is 1060. The molecule has 7 nitrogen and oxygen atoms in total. The molecule has 1 fully saturated rings. The van der Waals surface area contributed by atoms with Gasteiger partial charge in [0.2, 0.25) is 11.8 Å². The highest BCUT2D eigenvalue weighted by Crippen LogP contribution is 2.23. The van der Waals surface area contributed by atoms with Gasteiger partial charge in [-0.25, -0.2) is 0 Å². The second-order valence-electron chi connectivity index (χ2n) is 9.75. The van der Waals surface area contributed by atoms with Gasteiger partial charge in [0.05, 0.1) is 11.1 Å². The monoisotopic (exact) mass is 489 g/mol. The third-order valence-electron chi connectivity index (χ3n) is 7.25. The van der Waals surface area contributed by atoms with Crippen LogP contribution >= 0.6 is 0 Å². The summed E-state index contributed by atoms with van der Waals surface area (Å²) in [5.41, 5.74) is 1.92. The summed E-state index contributed by atoms with van der Waals surface area (Å²) in [4.78, 5) is 54.5. The van der Waals surface area contributed by atoms with E-state index in [9.17, 15) is 19.2 Å². The zero-order chi connectivity index (χ0) is 25.5. The van der Waals surface area contributed by atoms with Gasteiger partial charge in [0.25, 0.3) is 11.8 Å². The lowest BCUT2D eigenvalue weighted by Crippen LogP contribution is -2.51. The summed E-state index contributed by atoms with van der Waals surface area (Å²) in [5, 5.41) is 3.14. The maximum atomic E-state index is 13.3.